The van der Waals surface area contributed by atoms with Crippen LogP contribution >= 0.6 is 0 Å². The lowest BCUT2D eigenvalue weighted by molar-refractivity contribution is 0.155. The van der Waals surface area contributed by atoms with Crippen LogP contribution in [0.15, 0.2) is 43.0 Å². The highest BCUT2D eigenvalue weighted by Gasteiger charge is 2.26. The molecule has 1 aromatic carbocycles. The number of hydrogen-bond acceptors (Lipinski definition) is 2. The van der Waals surface area contributed by atoms with Gasteiger partial charge >= 0.3 is 6.03 Å². The minimum absolute atomic E-state index is 0.0151. The maximum absolute atomic E-state index is 13.0. The zero-order valence-electron chi connectivity index (χ0n) is 16.8. The molecule has 0 bridgehead atoms. The minimum Gasteiger partial charge on any atom is -0.345 e. The number of nitrogens with one attached hydrogen (secondary N) is 1. The maximum Gasteiger partial charge on any atom is 0.322 e. The number of imidazole rings is 1. The number of nitrogens with zero attached hydrogens (tertiary/aromatic N) is 4. The lowest BCUT2D eigenvalue weighted by Crippen LogP contribution is -2.46. The quantitative estimate of drug-likeness (QED) is 0.702. The van der Waals surface area contributed by atoms with Crippen LogP contribution in [-0.2, 0) is 13.1 Å². The number of piperidine rings is 1. The number of fused-ring (bicyclic) bond motifs is 1. The molecular formula is C22H29N5O. The van der Waals surface area contributed by atoms with Crippen LogP contribution in [0.2, 0.25) is 0 Å². The third kappa shape index (κ3) is 3.77. The predicted octanol–water partition coefficient (Wildman–Crippen LogP) is 4.64. The van der Waals surface area contributed by atoms with Crippen molar-refractivity contribution in [3.05, 3.63) is 48.7 Å². The van der Waals surface area contributed by atoms with Gasteiger partial charge in [-0.15, -0.1) is 0 Å². The second-order valence-corrected chi connectivity index (χ2v) is 7.67. The monoisotopic (exact) mass is 379 g/mol. The number of urea groups is 1. The third-order valence-corrected chi connectivity index (χ3v) is 5.84. The van der Waals surface area contributed by atoms with Gasteiger partial charge in [-0.2, -0.15) is 0 Å². The summed E-state index contributed by atoms with van der Waals surface area (Å²) in [5, 5.41) is 4.31. The van der Waals surface area contributed by atoms with Gasteiger partial charge in [-0.25, -0.2) is 9.78 Å². The fraction of sp³-hybridized carbons (Fsp3) is 0.455. The fourth-order valence-corrected chi connectivity index (χ4v) is 4.39. The van der Waals surface area contributed by atoms with Crippen molar-refractivity contribution in [3.8, 4) is 0 Å². The summed E-state index contributed by atoms with van der Waals surface area (Å²) in [6.45, 7) is 6.95. The van der Waals surface area contributed by atoms with Crippen molar-refractivity contribution in [2.75, 3.05) is 11.9 Å². The van der Waals surface area contributed by atoms with Gasteiger partial charge < -0.3 is 19.4 Å². The number of hydrogen-bond donors (Lipinski definition) is 1. The molecule has 1 fully saturated rings. The average molecular weight is 380 g/mol. The Hall–Kier alpha value is -2.76. The molecule has 1 atom stereocenters. The highest BCUT2D eigenvalue weighted by atomic mass is 16.2. The summed E-state index contributed by atoms with van der Waals surface area (Å²) in [5.41, 5.74) is 3.33. The molecule has 0 saturated carbocycles. The summed E-state index contributed by atoms with van der Waals surface area (Å²) < 4.78 is 4.37. The highest BCUT2D eigenvalue weighted by Crippen LogP contribution is 2.25. The average Bonchev–Trinajstić information content (AvgIpc) is 3.32. The highest BCUT2D eigenvalue weighted by molar-refractivity contribution is 5.93. The number of amides is 2. The van der Waals surface area contributed by atoms with Crippen LogP contribution in [0.4, 0.5) is 10.5 Å². The van der Waals surface area contributed by atoms with Crippen molar-refractivity contribution in [3.63, 3.8) is 0 Å². The molecule has 0 spiro atoms. The number of carbonyl (C=O) groups is 1. The standard InChI is InChI=1S/C22H29N5O/c1-3-26-17(2)14-18-15-19(7-8-21(18)26)24-22(28)27-11-5-4-6-20(27)9-12-25-13-10-23-16-25/h7-8,10,13-16,20H,3-6,9,11-12H2,1-2H3,(H,24,28). The van der Waals surface area contributed by atoms with Gasteiger partial charge in [0.1, 0.15) is 0 Å². The number of aryl methyl sites for hydroxylation is 3. The molecule has 6 heteroatoms. The molecule has 3 aromatic rings. The van der Waals surface area contributed by atoms with Gasteiger partial charge in [0, 0.05) is 60.4 Å². The van der Waals surface area contributed by atoms with E-state index in [1.54, 1.807) is 6.20 Å². The number of aromatic nitrogens is 3. The van der Waals surface area contributed by atoms with Crippen LogP contribution in [0.5, 0.6) is 0 Å². The molecule has 1 aliphatic rings. The maximum atomic E-state index is 13.0. The summed E-state index contributed by atoms with van der Waals surface area (Å²) in [6, 6.07) is 8.68. The van der Waals surface area contributed by atoms with Crippen LogP contribution in [0.3, 0.4) is 0 Å². The van der Waals surface area contributed by atoms with E-state index in [0.29, 0.717) is 0 Å². The van der Waals surface area contributed by atoms with Crippen molar-refractivity contribution in [2.24, 2.45) is 0 Å². The molecule has 2 aromatic heterocycles. The van der Waals surface area contributed by atoms with Crippen molar-refractivity contribution >= 4 is 22.6 Å². The summed E-state index contributed by atoms with van der Waals surface area (Å²) in [5.74, 6) is 0. The first-order valence-corrected chi connectivity index (χ1v) is 10.3. The lowest BCUT2D eigenvalue weighted by atomic mass is 9.99. The molecule has 6 nitrogen and oxygen atoms in total. The van der Waals surface area contributed by atoms with Crippen LogP contribution in [-0.4, -0.2) is 37.6 Å². The SMILES string of the molecule is CCn1c(C)cc2cc(NC(=O)N3CCCCC3CCn3ccnc3)ccc21. The molecule has 4 rings (SSSR count). The van der Waals surface area contributed by atoms with E-state index in [4.69, 9.17) is 0 Å². The first kappa shape index (κ1) is 18.6. The molecule has 0 aliphatic carbocycles. The predicted molar refractivity (Wildman–Crippen MR) is 113 cm³/mol. The molecule has 1 aliphatic heterocycles. The van der Waals surface area contributed by atoms with Gasteiger partial charge in [0.15, 0.2) is 0 Å². The Morgan fingerprint density at radius 3 is 2.96 bits per heavy atom. The van der Waals surface area contributed by atoms with Crippen molar-refractivity contribution in [2.45, 2.75) is 58.7 Å². The van der Waals surface area contributed by atoms with Crippen molar-refractivity contribution < 1.29 is 4.79 Å². The van der Waals surface area contributed by atoms with Gasteiger partial charge in [-0.05, 0) is 63.8 Å². The normalized spacial score (nSPS) is 17.2. The largest absolute Gasteiger partial charge is 0.345 e. The fourth-order valence-electron chi connectivity index (χ4n) is 4.39. The van der Waals surface area contributed by atoms with Gasteiger partial charge in [0.05, 0.1) is 6.33 Å². The minimum atomic E-state index is 0.0151. The van der Waals surface area contributed by atoms with Crippen LogP contribution in [0.25, 0.3) is 10.9 Å². The molecule has 1 N–H and O–H groups in total. The number of rotatable bonds is 5. The molecule has 1 unspecified atom stereocenters. The van der Waals surface area contributed by atoms with E-state index in [9.17, 15) is 4.79 Å². The second-order valence-electron chi connectivity index (χ2n) is 7.67. The Kier molecular flexibility index (Phi) is 5.37. The number of anilines is 1. The molecule has 0 radical (unpaired) electrons. The van der Waals surface area contributed by atoms with E-state index >= 15 is 0 Å². The molecule has 1 saturated heterocycles. The van der Waals surface area contributed by atoms with Gasteiger partial charge in [0.2, 0.25) is 0 Å². The topological polar surface area (TPSA) is 55.1 Å². The van der Waals surface area contributed by atoms with E-state index < -0.39 is 0 Å². The summed E-state index contributed by atoms with van der Waals surface area (Å²) >= 11 is 0. The van der Waals surface area contributed by atoms with Crippen LogP contribution in [0, 0.1) is 6.92 Å². The second kappa shape index (κ2) is 8.09. The zero-order chi connectivity index (χ0) is 19.5. The zero-order valence-corrected chi connectivity index (χ0v) is 16.8. The van der Waals surface area contributed by atoms with E-state index in [-0.39, 0.29) is 12.1 Å². The Labute approximate surface area is 166 Å². The number of likely N-dealkylation sites (tertiary alicyclic amines) is 1. The lowest BCUT2D eigenvalue weighted by Gasteiger charge is -2.36. The van der Waals surface area contributed by atoms with E-state index in [1.807, 2.05) is 23.5 Å². The smallest absolute Gasteiger partial charge is 0.322 e. The Balaban J connectivity index is 1.45. The third-order valence-electron chi connectivity index (χ3n) is 5.84. The number of carbonyl (C=O) groups excluding carboxylic acids is 1. The molecule has 3 heterocycles. The van der Waals surface area contributed by atoms with E-state index in [1.165, 1.54) is 23.0 Å². The Morgan fingerprint density at radius 2 is 2.18 bits per heavy atom. The van der Waals surface area contributed by atoms with Crippen molar-refractivity contribution in [1.29, 1.82) is 0 Å². The Bertz CT molecular complexity index is 943. The van der Waals surface area contributed by atoms with Gasteiger partial charge in [0.25, 0.3) is 0 Å². The summed E-state index contributed by atoms with van der Waals surface area (Å²) in [6.07, 6.45) is 9.91. The van der Waals surface area contributed by atoms with Crippen molar-refractivity contribution in [1.82, 2.24) is 19.0 Å². The van der Waals surface area contributed by atoms with Crippen LogP contribution < -0.4 is 5.32 Å². The summed E-state index contributed by atoms with van der Waals surface area (Å²) in [4.78, 5) is 19.1. The van der Waals surface area contributed by atoms with Crippen LogP contribution in [0.1, 0.15) is 38.3 Å². The van der Waals surface area contributed by atoms with E-state index in [2.05, 4.69) is 51.5 Å². The first-order chi connectivity index (χ1) is 13.7. The molecule has 28 heavy (non-hydrogen) atoms. The van der Waals surface area contributed by atoms with Gasteiger partial charge in [-0.1, -0.05) is 0 Å². The Morgan fingerprint density at radius 1 is 1.29 bits per heavy atom. The summed E-state index contributed by atoms with van der Waals surface area (Å²) in [7, 11) is 0. The van der Waals surface area contributed by atoms with E-state index in [0.717, 1.165) is 44.6 Å². The molecule has 2 amide bonds. The number of benzene rings is 1. The molecule has 148 valence electrons. The molecular weight excluding hydrogens is 350 g/mol. The van der Waals surface area contributed by atoms with Gasteiger partial charge in [-0.3, -0.25) is 0 Å². The first-order valence-electron chi connectivity index (χ1n) is 10.3.